The molecule has 0 saturated heterocycles. The first kappa shape index (κ1) is 26.4. The van der Waals surface area contributed by atoms with E-state index in [0.29, 0.717) is 23.4 Å². The molecule has 0 amide bonds. The highest BCUT2D eigenvalue weighted by Crippen LogP contribution is 2.45. The van der Waals surface area contributed by atoms with Crippen LogP contribution < -0.4 is 4.74 Å². The summed E-state index contributed by atoms with van der Waals surface area (Å²) in [5, 5.41) is 10.8. The monoisotopic (exact) mass is 584 g/mol. The van der Waals surface area contributed by atoms with Crippen molar-refractivity contribution in [3.63, 3.8) is 0 Å². The van der Waals surface area contributed by atoms with E-state index >= 15 is 0 Å². The Morgan fingerprint density at radius 1 is 1.22 bits per heavy atom. The minimum absolute atomic E-state index is 0.311. The fourth-order valence-corrected chi connectivity index (χ4v) is 4.91. The molecule has 0 saturated carbocycles. The highest BCUT2D eigenvalue weighted by Gasteiger charge is 2.58. The Hall–Kier alpha value is -1.86. The van der Waals surface area contributed by atoms with Gasteiger partial charge in [-0.1, -0.05) is 30.3 Å². The SMILES string of the molecule is CCN(I)/C=N/c1cc(OC)c(C(O)(CS(=O)(=O)Cc2ccccc2)C(F)(F)F)cc1C. The van der Waals surface area contributed by atoms with Crippen molar-refractivity contribution in [2.45, 2.75) is 31.4 Å². The lowest BCUT2D eigenvalue weighted by molar-refractivity contribution is -0.257. The standard InChI is InChI=1S/C21H24F3IN2O4S/c1-4-27(25)14-26-18-11-19(31-3)17(10-15(18)2)20(28,21(22,23)24)13-32(29,30)12-16-8-6-5-7-9-16/h5-11,14,28H,4,12-13H2,1-3H3/b26-14+. The molecule has 0 spiro atoms. The highest BCUT2D eigenvalue weighted by molar-refractivity contribution is 14.1. The summed E-state index contributed by atoms with van der Waals surface area (Å²) in [5.74, 6) is -2.50. The van der Waals surface area contributed by atoms with Crippen molar-refractivity contribution in [2.24, 2.45) is 4.99 Å². The van der Waals surface area contributed by atoms with E-state index in [9.17, 15) is 26.7 Å². The predicted octanol–water partition coefficient (Wildman–Crippen LogP) is 4.70. The van der Waals surface area contributed by atoms with Crippen molar-refractivity contribution < 1.29 is 31.4 Å². The first-order valence-electron chi connectivity index (χ1n) is 9.52. The van der Waals surface area contributed by atoms with Gasteiger partial charge >= 0.3 is 6.18 Å². The number of aryl methyl sites for hydroxylation is 1. The molecule has 176 valence electrons. The second-order valence-corrected chi connectivity index (χ2v) is 10.5. The van der Waals surface area contributed by atoms with Gasteiger partial charge in [0.2, 0.25) is 5.60 Å². The average molecular weight is 584 g/mol. The molecule has 2 rings (SSSR count). The summed E-state index contributed by atoms with van der Waals surface area (Å²) in [4.78, 5) is 4.23. The molecule has 0 aliphatic carbocycles. The summed E-state index contributed by atoms with van der Waals surface area (Å²) >= 11 is 2.01. The van der Waals surface area contributed by atoms with Crippen LogP contribution in [-0.4, -0.2) is 48.6 Å². The Balaban J connectivity index is 2.54. The van der Waals surface area contributed by atoms with E-state index in [1.165, 1.54) is 31.5 Å². The molecule has 32 heavy (non-hydrogen) atoms. The van der Waals surface area contributed by atoms with Crippen LogP contribution in [0.5, 0.6) is 5.75 Å². The van der Waals surface area contributed by atoms with Gasteiger partial charge in [-0.25, -0.2) is 13.4 Å². The number of rotatable bonds is 9. The summed E-state index contributed by atoms with van der Waals surface area (Å²) in [7, 11) is -3.21. The third-order valence-electron chi connectivity index (χ3n) is 4.71. The summed E-state index contributed by atoms with van der Waals surface area (Å²) in [6, 6.07) is 10.1. The van der Waals surface area contributed by atoms with Gasteiger partial charge in [0, 0.05) is 18.2 Å². The molecule has 0 aliphatic rings. The predicted molar refractivity (Wildman–Crippen MR) is 126 cm³/mol. The molecule has 0 fully saturated rings. The number of nitrogens with zero attached hydrogens (tertiary/aromatic N) is 2. The van der Waals surface area contributed by atoms with Gasteiger partial charge in [-0.05, 0) is 31.0 Å². The zero-order valence-electron chi connectivity index (χ0n) is 17.7. The molecular weight excluding hydrogens is 560 g/mol. The number of sulfone groups is 1. The van der Waals surface area contributed by atoms with Crippen LogP contribution >= 0.6 is 22.9 Å². The van der Waals surface area contributed by atoms with Crippen molar-refractivity contribution in [3.8, 4) is 5.75 Å². The van der Waals surface area contributed by atoms with Crippen LogP contribution in [0.25, 0.3) is 0 Å². The summed E-state index contributed by atoms with van der Waals surface area (Å²) in [6.07, 6.45) is -3.77. The molecule has 1 atom stereocenters. The number of hydrogen-bond acceptors (Lipinski definition) is 5. The number of benzene rings is 2. The lowest BCUT2D eigenvalue weighted by atomic mass is 9.92. The maximum Gasteiger partial charge on any atom is 0.422 e. The molecule has 2 aromatic carbocycles. The topological polar surface area (TPSA) is 79.2 Å². The first-order chi connectivity index (χ1) is 14.8. The quantitative estimate of drug-likeness (QED) is 0.200. The van der Waals surface area contributed by atoms with Crippen LogP contribution in [0.4, 0.5) is 18.9 Å². The molecule has 0 aliphatic heterocycles. The smallest absolute Gasteiger partial charge is 0.422 e. The van der Waals surface area contributed by atoms with Gasteiger partial charge in [0.15, 0.2) is 9.84 Å². The van der Waals surface area contributed by atoms with E-state index < -0.39 is 38.7 Å². The molecule has 11 heteroatoms. The average Bonchev–Trinajstić information content (AvgIpc) is 2.71. The molecule has 0 heterocycles. The van der Waals surface area contributed by atoms with Gasteiger partial charge in [0.25, 0.3) is 0 Å². The van der Waals surface area contributed by atoms with Gasteiger partial charge in [0.1, 0.15) is 5.75 Å². The third kappa shape index (κ3) is 6.35. The lowest BCUT2D eigenvalue weighted by Gasteiger charge is -2.32. The molecule has 6 nitrogen and oxygen atoms in total. The molecular formula is C21H24F3IN2O4S. The molecule has 0 radical (unpaired) electrons. The number of methoxy groups -OCH3 is 1. The van der Waals surface area contributed by atoms with E-state index in [2.05, 4.69) is 4.99 Å². The number of aliphatic hydroxyl groups is 1. The Labute approximate surface area is 199 Å². The van der Waals surface area contributed by atoms with Crippen molar-refractivity contribution in [1.82, 2.24) is 3.11 Å². The Bertz CT molecular complexity index is 1060. The van der Waals surface area contributed by atoms with E-state index in [-0.39, 0.29) is 5.75 Å². The number of alkyl halides is 3. The van der Waals surface area contributed by atoms with Crippen molar-refractivity contribution >= 4 is 44.7 Å². The van der Waals surface area contributed by atoms with Gasteiger partial charge in [-0.3, -0.25) is 0 Å². The van der Waals surface area contributed by atoms with Crippen molar-refractivity contribution in [1.29, 1.82) is 0 Å². The fraction of sp³-hybridized carbons (Fsp3) is 0.381. The number of halogens is 4. The summed E-state index contributed by atoms with van der Waals surface area (Å²) in [5.41, 5.74) is -3.37. The van der Waals surface area contributed by atoms with E-state index in [0.717, 1.165) is 13.2 Å². The number of aliphatic imine (C=N–C) groups is 1. The Morgan fingerprint density at radius 2 is 1.84 bits per heavy atom. The molecule has 0 aromatic heterocycles. The molecule has 2 aromatic rings. The zero-order chi connectivity index (χ0) is 24.2. The van der Waals surface area contributed by atoms with Crippen LogP contribution in [0, 0.1) is 6.92 Å². The van der Waals surface area contributed by atoms with Gasteiger partial charge in [0.05, 0.1) is 53.5 Å². The fourth-order valence-electron chi connectivity index (χ4n) is 3.02. The van der Waals surface area contributed by atoms with Crippen LogP contribution in [0.15, 0.2) is 47.5 Å². The van der Waals surface area contributed by atoms with Crippen LogP contribution in [0.1, 0.15) is 23.6 Å². The second-order valence-electron chi connectivity index (χ2n) is 7.18. The number of hydrogen-bond donors (Lipinski definition) is 1. The van der Waals surface area contributed by atoms with Crippen molar-refractivity contribution in [3.05, 3.63) is 59.2 Å². The van der Waals surface area contributed by atoms with Crippen molar-refractivity contribution in [2.75, 3.05) is 19.4 Å². The third-order valence-corrected chi connectivity index (χ3v) is 7.28. The van der Waals surface area contributed by atoms with E-state index in [4.69, 9.17) is 4.74 Å². The lowest BCUT2D eigenvalue weighted by Crippen LogP contribution is -2.48. The maximum atomic E-state index is 14.1. The Morgan fingerprint density at radius 3 is 2.38 bits per heavy atom. The minimum Gasteiger partial charge on any atom is -0.496 e. The summed E-state index contributed by atoms with van der Waals surface area (Å²) in [6.45, 7) is 4.08. The second kappa shape index (κ2) is 10.4. The van der Waals surface area contributed by atoms with Crippen LogP contribution in [-0.2, 0) is 21.2 Å². The maximum absolute atomic E-state index is 14.1. The van der Waals surface area contributed by atoms with Crippen LogP contribution in [0.2, 0.25) is 0 Å². The zero-order valence-corrected chi connectivity index (χ0v) is 20.7. The van der Waals surface area contributed by atoms with Gasteiger partial charge in [-0.2, -0.15) is 13.2 Å². The van der Waals surface area contributed by atoms with Crippen LogP contribution in [0.3, 0.4) is 0 Å². The number of ether oxygens (including phenoxy) is 1. The summed E-state index contributed by atoms with van der Waals surface area (Å²) < 4.78 is 74.5. The first-order valence-corrected chi connectivity index (χ1v) is 12.3. The van der Waals surface area contributed by atoms with E-state index in [1.807, 2.05) is 29.8 Å². The van der Waals surface area contributed by atoms with Gasteiger partial charge in [-0.15, -0.1) is 0 Å². The highest BCUT2D eigenvalue weighted by atomic mass is 127. The molecule has 1 N–H and O–H groups in total. The van der Waals surface area contributed by atoms with E-state index in [1.54, 1.807) is 21.3 Å². The van der Waals surface area contributed by atoms with Gasteiger partial charge < -0.3 is 13.0 Å². The molecule has 1 unspecified atom stereocenters. The Kier molecular flexibility index (Phi) is 8.56. The largest absolute Gasteiger partial charge is 0.496 e. The minimum atomic E-state index is -5.28. The normalized spacial score (nSPS) is 14.4. The molecule has 0 bridgehead atoms.